The summed E-state index contributed by atoms with van der Waals surface area (Å²) in [5.41, 5.74) is 5.79. The number of nitrogens with zero attached hydrogens (tertiary/aromatic N) is 1. The molecular weight excluding hydrogens is 245 g/mol. The third kappa shape index (κ3) is 3.53. The van der Waals surface area contributed by atoms with Gasteiger partial charge < -0.3 is 15.4 Å². The molecule has 3 nitrogen and oxygen atoms in total. The number of methoxy groups -OCH3 is 1. The number of hydrogen-bond acceptors (Lipinski definition) is 3. The van der Waals surface area contributed by atoms with Crippen molar-refractivity contribution in [3.8, 4) is 5.75 Å². The van der Waals surface area contributed by atoms with Crippen LogP contribution in [0.4, 0.5) is 18.9 Å². The first-order valence-corrected chi connectivity index (χ1v) is 5.51. The molecule has 1 rings (SSSR count). The highest BCUT2D eigenvalue weighted by Gasteiger charge is 2.39. The summed E-state index contributed by atoms with van der Waals surface area (Å²) >= 11 is 0. The van der Waals surface area contributed by atoms with Gasteiger partial charge in [-0.05, 0) is 12.1 Å². The second kappa shape index (κ2) is 5.95. The Kier molecular flexibility index (Phi) is 4.84. The van der Waals surface area contributed by atoms with Crippen molar-refractivity contribution in [1.29, 1.82) is 0 Å². The topological polar surface area (TPSA) is 38.5 Å². The summed E-state index contributed by atoms with van der Waals surface area (Å²) in [5, 5.41) is 0. The molecule has 0 amide bonds. The van der Waals surface area contributed by atoms with Gasteiger partial charge >= 0.3 is 6.18 Å². The molecule has 0 spiro atoms. The Bertz CT molecular complexity index is 382. The zero-order chi connectivity index (χ0) is 13.8. The average Bonchev–Trinajstić information content (AvgIpc) is 2.34. The first-order valence-electron chi connectivity index (χ1n) is 5.51. The van der Waals surface area contributed by atoms with Gasteiger partial charge in [0.25, 0.3) is 0 Å². The molecule has 0 aliphatic heterocycles. The van der Waals surface area contributed by atoms with Gasteiger partial charge in [0.05, 0.1) is 18.7 Å². The summed E-state index contributed by atoms with van der Waals surface area (Å²) in [5.74, 6) is -1.01. The van der Waals surface area contributed by atoms with Crippen LogP contribution < -0.4 is 15.4 Å². The molecule has 1 unspecified atom stereocenters. The average molecular weight is 262 g/mol. The number of ether oxygens (including phenoxy) is 1. The van der Waals surface area contributed by atoms with Crippen molar-refractivity contribution in [2.45, 2.75) is 6.18 Å². The lowest BCUT2D eigenvalue weighted by Gasteiger charge is -2.27. The molecule has 1 aromatic carbocycles. The van der Waals surface area contributed by atoms with Gasteiger partial charge in [-0.15, -0.1) is 0 Å². The first-order chi connectivity index (χ1) is 8.40. The monoisotopic (exact) mass is 262 g/mol. The summed E-state index contributed by atoms with van der Waals surface area (Å²) in [6, 6.07) is 6.93. The largest absolute Gasteiger partial charge is 0.495 e. The fraction of sp³-hybridized carbons (Fsp3) is 0.500. The normalized spacial score (nSPS) is 13.2. The Labute approximate surface area is 104 Å². The van der Waals surface area contributed by atoms with Crippen LogP contribution in [0.25, 0.3) is 0 Å². The van der Waals surface area contributed by atoms with Gasteiger partial charge in [0, 0.05) is 20.1 Å². The lowest BCUT2D eigenvalue weighted by Crippen LogP contribution is -2.39. The standard InChI is InChI=1S/C12H17F3N2O/c1-17(8-9(7-16)12(13,14)15)10-5-3-4-6-11(10)18-2/h3-6,9H,7-8,16H2,1-2H3. The highest BCUT2D eigenvalue weighted by atomic mass is 19.4. The SMILES string of the molecule is COc1ccccc1N(C)CC(CN)C(F)(F)F. The Hall–Kier alpha value is -1.43. The van der Waals surface area contributed by atoms with Crippen LogP contribution in [0.2, 0.25) is 0 Å². The Morgan fingerprint density at radius 1 is 1.33 bits per heavy atom. The number of nitrogens with two attached hydrogens (primary N) is 1. The van der Waals surface area contributed by atoms with E-state index in [9.17, 15) is 13.2 Å². The van der Waals surface area contributed by atoms with E-state index in [2.05, 4.69) is 0 Å². The fourth-order valence-corrected chi connectivity index (χ4v) is 1.69. The molecule has 1 atom stereocenters. The van der Waals surface area contributed by atoms with Crippen LogP contribution >= 0.6 is 0 Å². The van der Waals surface area contributed by atoms with Crippen molar-refractivity contribution in [3.05, 3.63) is 24.3 Å². The molecule has 18 heavy (non-hydrogen) atoms. The maximum atomic E-state index is 12.6. The summed E-state index contributed by atoms with van der Waals surface area (Å²) in [7, 11) is 3.07. The Morgan fingerprint density at radius 3 is 2.44 bits per heavy atom. The molecule has 6 heteroatoms. The van der Waals surface area contributed by atoms with E-state index in [-0.39, 0.29) is 6.54 Å². The van der Waals surface area contributed by atoms with Gasteiger partial charge in [-0.2, -0.15) is 13.2 Å². The van der Waals surface area contributed by atoms with E-state index >= 15 is 0 Å². The van der Waals surface area contributed by atoms with Gasteiger partial charge in [0.1, 0.15) is 5.75 Å². The van der Waals surface area contributed by atoms with E-state index < -0.39 is 18.6 Å². The number of anilines is 1. The predicted octanol–water partition coefficient (Wildman–Crippen LogP) is 2.27. The van der Waals surface area contributed by atoms with Crippen LogP contribution in [-0.2, 0) is 0 Å². The van der Waals surface area contributed by atoms with Crippen LogP contribution in [0.5, 0.6) is 5.75 Å². The molecular formula is C12H17F3N2O. The second-order valence-corrected chi connectivity index (χ2v) is 4.03. The van der Waals surface area contributed by atoms with Gasteiger partial charge in [-0.1, -0.05) is 12.1 Å². The molecule has 102 valence electrons. The molecule has 0 aliphatic carbocycles. The highest BCUT2D eigenvalue weighted by molar-refractivity contribution is 5.57. The van der Waals surface area contributed by atoms with Gasteiger partial charge in [-0.3, -0.25) is 0 Å². The molecule has 0 aromatic heterocycles. The Morgan fingerprint density at radius 2 is 1.94 bits per heavy atom. The number of rotatable bonds is 5. The van der Waals surface area contributed by atoms with Crippen molar-refractivity contribution < 1.29 is 17.9 Å². The number of alkyl halides is 3. The molecule has 0 fully saturated rings. The van der Waals surface area contributed by atoms with Gasteiger partial charge in [0.15, 0.2) is 0 Å². The van der Waals surface area contributed by atoms with Crippen LogP contribution in [-0.4, -0.2) is 33.4 Å². The van der Waals surface area contributed by atoms with Gasteiger partial charge in [-0.25, -0.2) is 0 Å². The summed E-state index contributed by atoms with van der Waals surface area (Å²) < 4.78 is 43.0. The quantitative estimate of drug-likeness (QED) is 0.884. The smallest absolute Gasteiger partial charge is 0.394 e. The third-order valence-electron chi connectivity index (χ3n) is 2.74. The number of para-hydroxylation sites is 2. The minimum atomic E-state index is -4.29. The molecule has 0 bridgehead atoms. The van der Waals surface area contributed by atoms with E-state index in [1.165, 1.54) is 12.0 Å². The van der Waals surface area contributed by atoms with E-state index in [1.54, 1.807) is 31.3 Å². The van der Waals surface area contributed by atoms with Crippen LogP contribution in [0.15, 0.2) is 24.3 Å². The minimum absolute atomic E-state index is 0.194. The number of halogens is 3. The van der Waals surface area contributed by atoms with E-state index in [4.69, 9.17) is 10.5 Å². The third-order valence-corrected chi connectivity index (χ3v) is 2.74. The predicted molar refractivity (Wildman–Crippen MR) is 64.9 cm³/mol. The maximum Gasteiger partial charge on any atom is 0.394 e. The summed E-state index contributed by atoms with van der Waals surface area (Å²) in [4.78, 5) is 1.50. The fourth-order valence-electron chi connectivity index (χ4n) is 1.69. The first kappa shape index (κ1) is 14.6. The van der Waals surface area contributed by atoms with Crippen molar-refractivity contribution in [2.24, 2.45) is 11.7 Å². The zero-order valence-corrected chi connectivity index (χ0v) is 10.4. The lowest BCUT2D eigenvalue weighted by atomic mass is 10.1. The second-order valence-electron chi connectivity index (χ2n) is 4.03. The maximum absolute atomic E-state index is 12.6. The highest BCUT2D eigenvalue weighted by Crippen LogP contribution is 2.31. The number of hydrogen-bond donors (Lipinski definition) is 1. The molecule has 0 heterocycles. The van der Waals surface area contributed by atoms with Gasteiger partial charge in [0.2, 0.25) is 0 Å². The molecule has 0 saturated carbocycles. The lowest BCUT2D eigenvalue weighted by molar-refractivity contribution is -0.168. The van der Waals surface area contributed by atoms with Crippen molar-refractivity contribution in [3.63, 3.8) is 0 Å². The van der Waals surface area contributed by atoms with Crippen LogP contribution in [0.3, 0.4) is 0 Å². The van der Waals surface area contributed by atoms with Crippen molar-refractivity contribution in [2.75, 3.05) is 32.1 Å². The summed E-state index contributed by atoms with van der Waals surface area (Å²) in [6.07, 6.45) is -4.29. The molecule has 1 aromatic rings. The molecule has 0 aliphatic rings. The zero-order valence-electron chi connectivity index (χ0n) is 10.4. The van der Waals surface area contributed by atoms with Crippen molar-refractivity contribution >= 4 is 5.69 Å². The van der Waals surface area contributed by atoms with Crippen LogP contribution in [0.1, 0.15) is 0 Å². The molecule has 0 radical (unpaired) electrons. The summed E-state index contributed by atoms with van der Waals surface area (Å²) in [6.45, 7) is -0.622. The van der Waals surface area contributed by atoms with E-state index in [0.29, 0.717) is 11.4 Å². The van der Waals surface area contributed by atoms with Crippen molar-refractivity contribution in [1.82, 2.24) is 0 Å². The Balaban J connectivity index is 2.84. The van der Waals surface area contributed by atoms with E-state index in [1.807, 2.05) is 0 Å². The van der Waals surface area contributed by atoms with E-state index in [0.717, 1.165) is 0 Å². The molecule has 0 saturated heterocycles. The number of benzene rings is 1. The van der Waals surface area contributed by atoms with Crippen LogP contribution in [0, 0.1) is 5.92 Å². The minimum Gasteiger partial charge on any atom is -0.495 e. The molecule has 2 N–H and O–H groups in total.